The molecule has 1 saturated heterocycles. The Hall–Kier alpha value is -2.44. The Kier molecular flexibility index (Phi) is 7.12. The topological polar surface area (TPSA) is 71.1 Å². The van der Waals surface area contributed by atoms with E-state index in [1.165, 1.54) is 0 Å². The van der Waals surface area contributed by atoms with Gasteiger partial charge in [-0.1, -0.05) is 6.07 Å². The fourth-order valence-corrected chi connectivity index (χ4v) is 3.09. The second-order valence-electron chi connectivity index (χ2n) is 6.70. The standard InChI is InChI=1S/C19H29N3O4/c1-21(2)19(24)22-11-9-15(10-12-22)20-18(23)8-6-14-5-7-16(25-3)17(13-14)26-4/h5,7,13,15H,6,8-12H2,1-4H3,(H,20,23). The molecule has 1 fully saturated rings. The molecule has 7 heteroatoms. The zero-order chi connectivity index (χ0) is 19.1. The number of rotatable bonds is 6. The molecule has 7 nitrogen and oxygen atoms in total. The van der Waals surface area contributed by atoms with Gasteiger partial charge in [0, 0.05) is 39.6 Å². The molecule has 0 saturated carbocycles. The van der Waals surface area contributed by atoms with Crippen molar-refractivity contribution in [3.63, 3.8) is 0 Å². The van der Waals surface area contributed by atoms with Crippen LogP contribution in [0, 0.1) is 0 Å². The molecule has 0 aromatic heterocycles. The molecule has 2 rings (SSSR count). The summed E-state index contributed by atoms with van der Waals surface area (Å²) in [6.45, 7) is 1.36. The van der Waals surface area contributed by atoms with Crippen LogP contribution in [0.15, 0.2) is 18.2 Å². The van der Waals surface area contributed by atoms with Gasteiger partial charge >= 0.3 is 6.03 Å². The summed E-state index contributed by atoms with van der Waals surface area (Å²) in [5.41, 5.74) is 1.03. The third-order valence-electron chi connectivity index (χ3n) is 4.60. The average Bonchev–Trinajstić information content (AvgIpc) is 2.66. The lowest BCUT2D eigenvalue weighted by Crippen LogP contribution is -2.49. The van der Waals surface area contributed by atoms with Crippen LogP contribution < -0.4 is 14.8 Å². The summed E-state index contributed by atoms with van der Waals surface area (Å²) in [5.74, 6) is 1.39. The van der Waals surface area contributed by atoms with Gasteiger partial charge in [-0.3, -0.25) is 4.79 Å². The van der Waals surface area contributed by atoms with Crippen molar-refractivity contribution < 1.29 is 19.1 Å². The molecule has 0 aliphatic carbocycles. The van der Waals surface area contributed by atoms with Crippen LogP contribution in [0.25, 0.3) is 0 Å². The van der Waals surface area contributed by atoms with Gasteiger partial charge in [-0.25, -0.2) is 4.79 Å². The van der Waals surface area contributed by atoms with E-state index in [0.29, 0.717) is 37.4 Å². The van der Waals surface area contributed by atoms with E-state index in [0.717, 1.165) is 18.4 Å². The maximum Gasteiger partial charge on any atom is 0.319 e. The van der Waals surface area contributed by atoms with Crippen LogP contribution in [0.4, 0.5) is 4.79 Å². The Balaban J connectivity index is 1.77. The fraction of sp³-hybridized carbons (Fsp3) is 0.579. The molecule has 0 spiro atoms. The Morgan fingerprint density at radius 3 is 2.38 bits per heavy atom. The number of hydrogen-bond acceptors (Lipinski definition) is 4. The molecule has 0 atom stereocenters. The van der Waals surface area contributed by atoms with Gasteiger partial charge in [-0.2, -0.15) is 0 Å². The van der Waals surface area contributed by atoms with E-state index < -0.39 is 0 Å². The lowest BCUT2D eigenvalue weighted by molar-refractivity contribution is -0.122. The third-order valence-corrected chi connectivity index (χ3v) is 4.60. The Labute approximate surface area is 155 Å². The summed E-state index contributed by atoms with van der Waals surface area (Å²) in [6.07, 6.45) is 2.65. The molecule has 26 heavy (non-hydrogen) atoms. The van der Waals surface area contributed by atoms with Crippen LogP contribution in [0.5, 0.6) is 11.5 Å². The number of amides is 3. The summed E-state index contributed by atoms with van der Waals surface area (Å²) in [4.78, 5) is 27.6. The van der Waals surface area contributed by atoms with E-state index in [2.05, 4.69) is 5.32 Å². The monoisotopic (exact) mass is 363 g/mol. The predicted molar refractivity (Wildman–Crippen MR) is 99.7 cm³/mol. The lowest BCUT2D eigenvalue weighted by Gasteiger charge is -2.33. The van der Waals surface area contributed by atoms with Gasteiger partial charge in [-0.05, 0) is 37.0 Å². The van der Waals surface area contributed by atoms with Crippen molar-refractivity contribution >= 4 is 11.9 Å². The SMILES string of the molecule is COc1ccc(CCC(=O)NC2CCN(C(=O)N(C)C)CC2)cc1OC. The van der Waals surface area contributed by atoms with Crippen LogP contribution in [0.3, 0.4) is 0 Å². The molecule has 144 valence electrons. The summed E-state index contributed by atoms with van der Waals surface area (Å²) in [5, 5.41) is 3.08. The van der Waals surface area contributed by atoms with E-state index in [9.17, 15) is 9.59 Å². The number of carbonyl (C=O) groups excluding carboxylic acids is 2. The highest BCUT2D eigenvalue weighted by atomic mass is 16.5. The number of nitrogens with one attached hydrogen (secondary N) is 1. The number of hydrogen-bond donors (Lipinski definition) is 1. The van der Waals surface area contributed by atoms with E-state index >= 15 is 0 Å². The molecule has 1 aliphatic rings. The first-order valence-corrected chi connectivity index (χ1v) is 8.91. The maximum atomic E-state index is 12.2. The van der Waals surface area contributed by atoms with Crippen molar-refractivity contribution in [1.82, 2.24) is 15.1 Å². The third kappa shape index (κ3) is 5.28. The number of aryl methyl sites for hydroxylation is 1. The minimum absolute atomic E-state index is 0.0308. The van der Waals surface area contributed by atoms with Crippen LogP contribution >= 0.6 is 0 Å². The van der Waals surface area contributed by atoms with Crippen molar-refractivity contribution in [2.75, 3.05) is 41.4 Å². The fourth-order valence-electron chi connectivity index (χ4n) is 3.09. The molecule has 1 N–H and O–H groups in total. The summed E-state index contributed by atoms with van der Waals surface area (Å²) in [6, 6.07) is 5.86. The molecular formula is C19H29N3O4. The molecule has 0 radical (unpaired) electrons. The molecule has 0 bridgehead atoms. The molecular weight excluding hydrogens is 334 g/mol. The highest BCUT2D eigenvalue weighted by Gasteiger charge is 2.24. The zero-order valence-electron chi connectivity index (χ0n) is 16.1. The largest absolute Gasteiger partial charge is 0.493 e. The normalized spacial score (nSPS) is 14.7. The highest BCUT2D eigenvalue weighted by molar-refractivity contribution is 5.77. The number of piperidine rings is 1. The minimum Gasteiger partial charge on any atom is -0.493 e. The lowest BCUT2D eigenvalue weighted by atomic mass is 10.0. The number of methoxy groups -OCH3 is 2. The molecule has 3 amide bonds. The van der Waals surface area contributed by atoms with E-state index in [1.807, 2.05) is 23.1 Å². The molecule has 1 aromatic carbocycles. The van der Waals surface area contributed by atoms with Gasteiger partial charge in [0.05, 0.1) is 14.2 Å². The number of urea groups is 1. The average molecular weight is 363 g/mol. The Morgan fingerprint density at radius 2 is 1.81 bits per heavy atom. The van der Waals surface area contributed by atoms with Crippen molar-refractivity contribution in [3.8, 4) is 11.5 Å². The number of ether oxygens (including phenoxy) is 2. The van der Waals surface area contributed by atoms with Gasteiger partial charge < -0.3 is 24.6 Å². The van der Waals surface area contributed by atoms with Crippen LogP contribution in [0.1, 0.15) is 24.8 Å². The van der Waals surface area contributed by atoms with Crippen molar-refractivity contribution in [2.24, 2.45) is 0 Å². The van der Waals surface area contributed by atoms with Gasteiger partial charge in [0.15, 0.2) is 11.5 Å². The van der Waals surface area contributed by atoms with Gasteiger partial charge in [0.1, 0.15) is 0 Å². The molecule has 1 heterocycles. The van der Waals surface area contributed by atoms with E-state index in [4.69, 9.17) is 9.47 Å². The van der Waals surface area contributed by atoms with Crippen molar-refractivity contribution in [3.05, 3.63) is 23.8 Å². The van der Waals surface area contributed by atoms with Gasteiger partial charge in [0.2, 0.25) is 5.91 Å². The van der Waals surface area contributed by atoms with Gasteiger partial charge in [-0.15, -0.1) is 0 Å². The Bertz CT molecular complexity index is 625. The molecule has 1 aliphatic heterocycles. The first kappa shape index (κ1) is 19.9. The van der Waals surface area contributed by atoms with Crippen LogP contribution in [0.2, 0.25) is 0 Å². The number of carbonyl (C=O) groups is 2. The molecule has 0 unspecified atom stereocenters. The number of likely N-dealkylation sites (tertiary alicyclic amines) is 1. The maximum absolute atomic E-state index is 12.2. The summed E-state index contributed by atoms with van der Waals surface area (Å²) >= 11 is 0. The van der Waals surface area contributed by atoms with E-state index in [1.54, 1.807) is 33.2 Å². The van der Waals surface area contributed by atoms with Gasteiger partial charge in [0.25, 0.3) is 0 Å². The number of nitrogens with zero attached hydrogens (tertiary/aromatic N) is 2. The summed E-state index contributed by atoms with van der Waals surface area (Å²) in [7, 11) is 6.71. The highest BCUT2D eigenvalue weighted by Crippen LogP contribution is 2.28. The zero-order valence-corrected chi connectivity index (χ0v) is 16.1. The van der Waals surface area contributed by atoms with Crippen molar-refractivity contribution in [2.45, 2.75) is 31.7 Å². The predicted octanol–water partition coefficient (Wildman–Crippen LogP) is 1.90. The van der Waals surface area contributed by atoms with E-state index in [-0.39, 0.29) is 18.0 Å². The smallest absolute Gasteiger partial charge is 0.319 e. The first-order chi connectivity index (χ1) is 12.4. The van der Waals surface area contributed by atoms with Crippen LogP contribution in [-0.2, 0) is 11.2 Å². The second kappa shape index (κ2) is 9.31. The molecule has 1 aromatic rings. The Morgan fingerprint density at radius 1 is 1.15 bits per heavy atom. The second-order valence-corrected chi connectivity index (χ2v) is 6.70. The van der Waals surface area contributed by atoms with Crippen molar-refractivity contribution in [1.29, 1.82) is 0 Å². The summed E-state index contributed by atoms with van der Waals surface area (Å²) < 4.78 is 10.5. The quantitative estimate of drug-likeness (QED) is 0.838. The van der Waals surface area contributed by atoms with Crippen LogP contribution in [-0.4, -0.2) is 69.2 Å². The first-order valence-electron chi connectivity index (χ1n) is 8.91. The number of benzene rings is 1. The minimum atomic E-state index is 0.0308.